The van der Waals surface area contributed by atoms with E-state index in [2.05, 4.69) is 27.3 Å². The first-order valence-corrected chi connectivity index (χ1v) is 6.44. The number of nitrogens with two attached hydrogens (primary N) is 1. The molecule has 0 saturated carbocycles. The van der Waals surface area contributed by atoms with Crippen molar-refractivity contribution in [2.45, 2.75) is 26.8 Å². The summed E-state index contributed by atoms with van der Waals surface area (Å²) in [6, 6.07) is 0. The van der Waals surface area contributed by atoms with Crippen molar-refractivity contribution in [3.63, 3.8) is 0 Å². The van der Waals surface area contributed by atoms with Crippen LogP contribution in [0.4, 0.5) is 11.5 Å². The molecule has 2 heterocycles. The Kier molecular flexibility index (Phi) is 3.90. The lowest BCUT2D eigenvalue weighted by Crippen LogP contribution is -2.08. The summed E-state index contributed by atoms with van der Waals surface area (Å²) >= 11 is 5.83. The van der Waals surface area contributed by atoms with Gasteiger partial charge in [0.2, 0.25) is 5.28 Å². The van der Waals surface area contributed by atoms with E-state index in [9.17, 15) is 0 Å². The van der Waals surface area contributed by atoms with Crippen molar-refractivity contribution in [1.29, 1.82) is 0 Å². The van der Waals surface area contributed by atoms with Gasteiger partial charge in [0.1, 0.15) is 0 Å². The van der Waals surface area contributed by atoms with Crippen LogP contribution in [0.2, 0.25) is 5.28 Å². The van der Waals surface area contributed by atoms with Crippen molar-refractivity contribution >= 4 is 23.1 Å². The van der Waals surface area contributed by atoms with Crippen LogP contribution in [0.3, 0.4) is 0 Å². The maximum Gasteiger partial charge on any atom is 0.224 e. The molecule has 0 radical (unpaired) electrons. The van der Waals surface area contributed by atoms with E-state index in [0.29, 0.717) is 23.7 Å². The molecule has 0 aromatic carbocycles. The summed E-state index contributed by atoms with van der Waals surface area (Å²) in [5.74, 6) is 0.559. The normalized spacial score (nSPS) is 10.7. The van der Waals surface area contributed by atoms with Crippen molar-refractivity contribution in [3.8, 4) is 0 Å². The van der Waals surface area contributed by atoms with Crippen LogP contribution in [0.5, 0.6) is 0 Å². The van der Waals surface area contributed by atoms with Crippen LogP contribution in [0, 0.1) is 6.92 Å². The summed E-state index contributed by atoms with van der Waals surface area (Å²) in [6.45, 7) is 4.48. The Hall–Kier alpha value is -1.82. The lowest BCUT2D eigenvalue weighted by molar-refractivity contribution is 0.746. The Bertz CT molecular complexity index is 592. The second-order valence-electron chi connectivity index (χ2n) is 4.32. The first-order chi connectivity index (χ1) is 9.01. The van der Waals surface area contributed by atoms with Gasteiger partial charge in [-0.25, -0.2) is 4.98 Å². The van der Waals surface area contributed by atoms with Crippen molar-refractivity contribution in [2.24, 2.45) is 7.05 Å². The number of anilines is 2. The van der Waals surface area contributed by atoms with Gasteiger partial charge in [0.15, 0.2) is 5.82 Å². The molecule has 0 aliphatic rings. The number of rotatable bonds is 4. The van der Waals surface area contributed by atoms with Gasteiger partial charge in [-0.1, -0.05) is 6.92 Å². The van der Waals surface area contributed by atoms with Crippen LogP contribution < -0.4 is 11.1 Å². The highest BCUT2D eigenvalue weighted by atomic mass is 35.5. The number of hydrogen-bond acceptors (Lipinski definition) is 5. The fourth-order valence-electron chi connectivity index (χ4n) is 1.89. The van der Waals surface area contributed by atoms with Gasteiger partial charge in [0.25, 0.3) is 0 Å². The smallest absolute Gasteiger partial charge is 0.224 e. The van der Waals surface area contributed by atoms with Gasteiger partial charge in [0, 0.05) is 25.4 Å². The van der Waals surface area contributed by atoms with E-state index in [1.54, 1.807) is 11.6 Å². The maximum absolute atomic E-state index is 5.92. The molecule has 102 valence electrons. The molecule has 0 amide bonds. The summed E-state index contributed by atoms with van der Waals surface area (Å²) in [6.07, 6.45) is 2.87. The molecule has 2 aromatic rings. The van der Waals surface area contributed by atoms with Gasteiger partial charge in [-0.15, -0.1) is 0 Å². The lowest BCUT2D eigenvalue weighted by Gasteiger charge is -2.09. The fraction of sp³-hybridized carbons (Fsp3) is 0.417. The second-order valence-corrected chi connectivity index (χ2v) is 4.66. The molecule has 0 fully saturated rings. The molecule has 2 rings (SSSR count). The lowest BCUT2D eigenvalue weighted by atomic mass is 10.2. The zero-order valence-electron chi connectivity index (χ0n) is 11.2. The number of aryl methyl sites for hydroxylation is 3. The predicted octanol–water partition coefficient (Wildman–Crippen LogP) is 1.93. The number of nitrogens with one attached hydrogen (secondary N) is 1. The standard InChI is InChI=1S/C12H17ClN6/c1-4-9-8(6-19(3)18-9)5-15-11-10(14)7(2)16-12(13)17-11/h6H,4-5,14H2,1-3H3,(H,15,16,17). The zero-order chi connectivity index (χ0) is 14.0. The average molecular weight is 281 g/mol. The van der Waals surface area contributed by atoms with E-state index in [-0.39, 0.29) is 5.28 Å². The van der Waals surface area contributed by atoms with E-state index in [0.717, 1.165) is 17.7 Å². The summed E-state index contributed by atoms with van der Waals surface area (Å²) in [7, 11) is 1.91. The summed E-state index contributed by atoms with van der Waals surface area (Å²) in [5, 5.41) is 7.76. The second kappa shape index (κ2) is 5.44. The van der Waals surface area contributed by atoms with Crippen LogP contribution >= 0.6 is 11.6 Å². The Morgan fingerprint density at radius 2 is 2.16 bits per heavy atom. The summed E-state index contributed by atoms with van der Waals surface area (Å²) < 4.78 is 1.80. The van der Waals surface area contributed by atoms with Crippen molar-refractivity contribution in [2.75, 3.05) is 11.1 Å². The Morgan fingerprint density at radius 1 is 1.42 bits per heavy atom. The number of halogens is 1. The first-order valence-electron chi connectivity index (χ1n) is 6.06. The number of nitrogens with zero attached hydrogens (tertiary/aromatic N) is 4. The van der Waals surface area contributed by atoms with E-state index in [1.165, 1.54) is 0 Å². The molecule has 3 N–H and O–H groups in total. The monoisotopic (exact) mass is 280 g/mol. The number of hydrogen-bond donors (Lipinski definition) is 2. The minimum absolute atomic E-state index is 0.191. The van der Waals surface area contributed by atoms with Gasteiger partial charge >= 0.3 is 0 Å². The number of nitrogen functional groups attached to an aromatic ring is 1. The highest BCUT2D eigenvalue weighted by Crippen LogP contribution is 2.21. The van der Waals surface area contributed by atoms with E-state index >= 15 is 0 Å². The molecule has 0 bridgehead atoms. The summed E-state index contributed by atoms with van der Waals surface area (Å²) in [5.41, 5.74) is 9.30. The van der Waals surface area contributed by atoms with Crippen LogP contribution in [0.1, 0.15) is 23.9 Å². The van der Waals surface area contributed by atoms with E-state index in [1.807, 2.05) is 13.2 Å². The Labute approximate surface area is 117 Å². The molecule has 0 aliphatic heterocycles. The highest BCUT2D eigenvalue weighted by Gasteiger charge is 2.10. The molecule has 0 spiro atoms. The molecular formula is C12H17ClN6. The van der Waals surface area contributed by atoms with Gasteiger partial charge in [-0.3, -0.25) is 4.68 Å². The van der Waals surface area contributed by atoms with Crippen LogP contribution in [-0.2, 0) is 20.0 Å². The Balaban J connectivity index is 2.18. The fourth-order valence-corrected chi connectivity index (χ4v) is 2.10. The molecule has 0 aliphatic carbocycles. The zero-order valence-corrected chi connectivity index (χ0v) is 12.0. The summed E-state index contributed by atoms with van der Waals surface area (Å²) in [4.78, 5) is 8.10. The van der Waals surface area contributed by atoms with Gasteiger partial charge in [-0.05, 0) is 24.9 Å². The van der Waals surface area contributed by atoms with Gasteiger partial charge < -0.3 is 11.1 Å². The molecule has 2 aromatic heterocycles. The largest absolute Gasteiger partial charge is 0.394 e. The van der Waals surface area contributed by atoms with Crippen LogP contribution in [0.25, 0.3) is 0 Å². The third-order valence-electron chi connectivity index (χ3n) is 2.88. The molecule has 0 saturated heterocycles. The molecule has 19 heavy (non-hydrogen) atoms. The minimum Gasteiger partial charge on any atom is -0.394 e. The first kappa shape index (κ1) is 13.6. The van der Waals surface area contributed by atoms with Crippen molar-refractivity contribution < 1.29 is 0 Å². The predicted molar refractivity (Wildman–Crippen MR) is 76.1 cm³/mol. The molecule has 6 nitrogen and oxygen atoms in total. The molecular weight excluding hydrogens is 264 g/mol. The van der Waals surface area contributed by atoms with E-state index in [4.69, 9.17) is 17.3 Å². The quantitative estimate of drug-likeness (QED) is 0.836. The van der Waals surface area contributed by atoms with Crippen LogP contribution in [0.15, 0.2) is 6.20 Å². The Morgan fingerprint density at radius 3 is 2.84 bits per heavy atom. The van der Waals surface area contributed by atoms with Gasteiger partial charge in [0.05, 0.1) is 17.1 Å². The minimum atomic E-state index is 0.191. The highest BCUT2D eigenvalue weighted by molar-refractivity contribution is 6.28. The third-order valence-corrected chi connectivity index (χ3v) is 3.05. The SMILES string of the molecule is CCc1nn(C)cc1CNc1nc(Cl)nc(C)c1N. The van der Waals surface area contributed by atoms with Gasteiger partial charge in [-0.2, -0.15) is 10.1 Å². The maximum atomic E-state index is 5.92. The molecule has 0 unspecified atom stereocenters. The van der Waals surface area contributed by atoms with Crippen molar-refractivity contribution in [1.82, 2.24) is 19.7 Å². The van der Waals surface area contributed by atoms with Crippen LogP contribution in [-0.4, -0.2) is 19.7 Å². The van der Waals surface area contributed by atoms with E-state index < -0.39 is 0 Å². The third kappa shape index (κ3) is 2.96. The average Bonchev–Trinajstić information content (AvgIpc) is 2.72. The molecule has 0 atom stereocenters. The molecule has 7 heteroatoms. The number of aromatic nitrogens is 4. The van der Waals surface area contributed by atoms with Crippen molar-refractivity contribution in [3.05, 3.63) is 28.4 Å². The topological polar surface area (TPSA) is 81.7 Å².